The van der Waals surface area contributed by atoms with Crippen molar-refractivity contribution >= 4 is 0 Å². The molecule has 10 heavy (non-hydrogen) atoms. The first-order valence-electron chi connectivity index (χ1n) is 2.73. The first kappa shape index (κ1) is 9.31. The zero-order valence-electron chi connectivity index (χ0n) is 5.37. The second-order valence-electron chi connectivity index (χ2n) is 1.69. The molecule has 4 heteroatoms. The molecule has 0 unspecified atom stereocenters. The molecule has 0 bridgehead atoms. The second-order valence-corrected chi connectivity index (χ2v) is 1.69. The molecule has 0 aromatic heterocycles. The van der Waals surface area contributed by atoms with Crippen LogP contribution < -0.4 is 0 Å². The standard InChI is InChI=1S/C6H7F3O/c1-2-5(10)3-4-6(7,8)9/h5,10H,2H2,1H3/t5-/m0/s1. The van der Waals surface area contributed by atoms with Gasteiger partial charge in [-0.2, -0.15) is 13.2 Å². The highest BCUT2D eigenvalue weighted by atomic mass is 19.4. The van der Waals surface area contributed by atoms with Crippen LogP contribution in [0.2, 0.25) is 0 Å². The molecule has 1 atom stereocenters. The van der Waals surface area contributed by atoms with Crippen LogP contribution in [0.15, 0.2) is 0 Å². The van der Waals surface area contributed by atoms with Crippen LogP contribution in [0.3, 0.4) is 0 Å². The molecular formula is C6H7F3O. The Kier molecular flexibility index (Phi) is 3.23. The molecule has 0 aliphatic rings. The van der Waals surface area contributed by atoms with E-state index in [9.17, 15) is 13.2 Å². The summed E-state index contributed by atoms with van der Waals surface area (Å²) in [5, 5.41) is 8.55. The molecule has 1 N–H and O–H groups in total. The minimum Gasteiger partial charge on any atom is -0.380 e. The van der Waals surface area contributed by atoms with E-state index in [4.69, 9.17) is 5.11 Å². The van der Waals surface area contributed by atoms with Gasteiger partial charge in [0.05, 0.1) is 0 Å². The van der Waals surface area contributed by atoms with Gasteiger partial charge in [-0.25, -0.2) is 0 Å². The van der Waals surface area contributed by atoms with Gasteiger partial charge in [0.1, 0.15) is 6.10 Å². The van der Waals surface area contributed by atoms with Crippen LogP contribution in [0.4, 0.5) is 13.2 Å². The van der Waals surface area contributed by atoms with Crippen LogP contribution >= 0.6 is 0 Å². The van der Waals surface area contributed by atoms with Gasteiger partial charge >= 0.3 is 6.18 Å². The van der Waals surface area contributed by atoms with Gasteiger partial charge in [-0.3, -0.25) is 0 Å². The molecule has 0 aromatic rings. The van der Waals surface area contributed by atoms with Gasteiger partial charge in [0.2, 0.25) is 0 Å². The molecule has 1 nitrogen and oxygen atoms in total. The second kappa shape index (κ2) is 3.47. The maximum absolute atomic E-state index is 11.3. The maximum Gasteiger partial charge on any atom is 0.457 e. The van der Waals surface area contributed by atoms with Gasteiger partial charge in [0.15, 0.2) is 0 Å². The van der Waals surface area contributed by atoms with E-state index in [1.807, 2.05) is 0 Å². The average molecular weight is 152 g/mol. The SMILES string of the molecule is CC[C@H](O)C#CC(F)(F)F. The normalized spacial score (nSPS) is 13.7. The summed E-state index contributed by atoms with van der Waals surface area (Å²) in [6.45, 7) is 1.55. The molecular weight excluding hydrogens is 145 g/mol. The summed E-state index contributed by atoms with van der Waals surface area (Å²) in [6, 6.07) is 0. The summed E-state index contributed by atoms with van der Waals surface area (Å²) >= 11 is 0. The van der Waals surface area contributed by atoms with Crippen molar-refractivity contribution in [3.8, 4) is 11.8 Å². The Hall–Kier alpha value is -0.690. The van der Waals surface area contributed by atoms with E-state index in [-0.39, 0.29) is 6.42 Å². The monoisotopic (exact) mass is 152 g/mol. The molecule has 0 radical (unpaired) electrons. The minimum atomic E-state index is -4.49. The Morgan fingerprint density at radius 3 is 2.30 bits per heavy atom. The summed E-state index contributed by atoms with van der Waals surface area (Å²) in [5.41, 5.74) is 0. The summed E-state index contributed by atoms with van der Waals surface area (Å²) in [7, 11) is 0. The molecule has 0 aliphatic carbocycles. The van der Waals surface area contributed by atoms with E-state index in [1.165, 1.54) is 0 Å². The van der Waals surface area contributed by atoms with Crippen molar-refractivity contribution in [2.24, 2.45) is 0 Å². The van der Waals surface area contributed by atoms with Crippen molar-refractivity contribution in [3.05, 3.63) is 0 Å². The highest BCUT2D eigenvalue weighted by Gasteiger charge is 2.23. The predicted molar refractivity (Wildman–Crippen MR) is 30.1 cm³/mol. The molecule has 0 amide bonds. The topological polar surface area (TPSA) is 20.2 Å². The van der Waals surface area contributed by atoms with Crippen molar-refractivity contribution in [2.45, 2.75) is 25.6 Å². The Labute approximate surface area is 56.9 Å². The molecule has 0 rings (SSSR count). The third-order valence-electron chi connectivity index (χ3n) is 0.767. The Balaban J connectivity index is 3.91. The third kappa shape index (κ3) is 5.45. The van der Waals surface area contributed by atoms with Crippen LogP contribution in [0, 0.1) is 11.8 Å². The van der Waals surface area contributed by atoms with Crippen molar-refractivity contribution < 1.29 is 18.3 Å². The first-order chi connectivity index (χ1) is 4.45. The van der Waals surface area contributed by atoms with Crippen molar-refractivity contribution in [1.82, 2.24) is 0 Å². The zero-order chi connectivity index (χ0) is 8.20. The van der Waals surface area contributed by atoms with Gasteiger partial charge < -0.3 is 5.11 Å². The number of hydrogen-bond donors (Lipinski definition) is 1. The molecule has 0 aliphatic heterocycles. The maximum atomic E-state index is 11.3. The van der Waals surface area contributed by atoms with Crippen LogP contribution in [0.5, 0.6) is 0 Å². The number of aliphatic hydroxyl groups is 1. The molecule has 0 spiro atoms. The van der Waals surface area contributed by atoms with Gasteiger partial charge in [0, 0.05) is 5.92 Å². The molecule has 58 valence electrons. The molecule has 0 saturated heterocycles. The number of hydrogen-bond acceptors (Lipinski definition) is 1. The van der Waals surface area contributed by atoms with E-state index < -0.39 is 12.3 Å². The molecule has 0 fully saturated rings. The smallest absolute Gasteiger partial charge is 0.380 e. The Morgan fingerprint density at radius 2 is 2.00 bits per heavy atom. The first-order valence-corrected chi connectivity index (χ1v) is 2.73. The fourth-order valence-electron chi connectivity index (χ4n) is 0.267. The molecule has 0 aromatic carbocycles. The summed E-state index contributed by atoms with van der Waals surface area (Å²) in [4.78, 5) is 0. The number of aliphatic hydroxyl groups excluding tert-OH is 1. The van der Waals surface area contributed by atoms with Crippen molar-refractivity contribution in [3.63, 3.8) is 0 Å². The summed E-state index contributed by atoms with van der Waals surface area (Å²) in [5.74, 6) is 2.63. The lowest BCUT2D eigenvalue weighted by Crippen LogP contribution is -2.06. The number of halogens is 3. The minimum absolute atomic E-state index is 0.211. The number of alkyl halides is 3. The zero-order valence-corrected chi connectivity index (χ0v) is 5.37. The molecule has 0 heterocycles. The lowest BCUT2D eigenvalue weighted by Gasteiger charge is -1.96. The van der Waals surface area contributed by atoms with Crippen molar-refractivity contribution in [1.29, 1.82) is 0 Å². The quantitative estimate of drug-likeness (QED) is 0.562. The fourth-order valence-corrected chi connectivity index (χ4v) is 0.267. The van der Waals surface area contributed by atoms with Crippen LogP contribution in [-0.4, -0.2) is 17.4 Å². The fraction of sp³-hybridized carbons (Fsp3) is 0.667. The van der Waals surface area contributed by atoms with E-state index in [1.54, 1.807) is 12.8 Å². The third-order valence-corrected chi connectivity index (χ3v) is 0.767. The number of rotatable bonds is 1. The lowest BCUT2D eigenvalue weighted by atomic mass is 10.3. The average Bonchev–Trinajstić information content (AvgIpc) is 1.81. The Morgan fingerprint density at radius 1 is 1.50 bits per heavy atom. The predicted octanol–water partition coefficient (Wildman–Crippen LogP) is 1.32. The van der Waals surface area contributed by atoms with Gasteiger partial charge in [-0.1, -0.05) is 12.8 Å². The highest BCUT2D eigenvalue weighted by Crippen LogP contribution is 2.11. The van der Waals surface area contributed by atoms with E-state index >= 15 is 0 Å². The van der Waals surface area contributed by atoms with Crippen molar-refractivity contribution in [2.75, 3.05) is 0 Å². The van der Waals surface area contributed by atoms with Crippen LogP contribution in [0.1, 0.15) is 13.3 Å². The van der Waals surface area contributed by atoms with Crippen LogP contribution in [-0.2, 0) is 0 Å². The van der Waals surface area contributed by atoms with E-state index in [0.717, 1.165) is 5.92 Å². The summed E-state index contributed by atoms with van der Waals surface area (Å²) < 4.78 is 33.8. The largest absolute Gasteiger partial charge is 0.457 e. The van der Waals surface area contributed by atoms with Gasteiger partial charge in [-0.15, -0.1) is 0 Å². The molecule has 0 saturated carbocycles. The van der Waals surface area contributed by atoms with Gasteiger partial charge in [0.25, 0.3) is 0 Å². The van der Waals surface area contributed by atoms with E-state index in [0.29, 0.717) is 0 Å². The highest BCUT2D eigenvalue weighted by molar-refractivity contribution is 5.08. The Bertz CT molecular complexity index is 151. The lowest BCUT2D eigenvalue weighted by molar-refractivity contribution is -0.0700. The van der Waals surface area contributed by atoms with Crippen LogP contribution in [0.25, 0.3) is 0 Å². The van der Waals surface area contributed by atoms with E-state index in [2.05, 4.69) is 0 Å². The summed E-state index contributed by atoms with van der Waals surface area (Å²) in [6.07, 6.45) is -5.44. The van der Waals surface area contributed by atoms with Gasteiger partial charge in [-0.05, 0) is 6.42 Å².